The van der Waals surface area contributed by atoms with Crippen molar-refractivity contribution >= 4 is 35.1 Å². The summed E-state index contributed by atoms with van der Waals surface area (Å²) in [4.78, 5) is 52.3. The Morgan fingerprint density at radius 2 is 2.11 bits per heavy atom. The number of ketones is 1. The molecule has 0 spiro atoms. The minimum absolute atomic E-state index is 0.131. The van der Waals surface area contributed by atoms with E-state index < -0.39 is 23.5 Å². The van der Waals surface area contributed by atoms with Crippen LogP contribution in [0.4, 0.5) is 5.69 Å². The van der Waals surface area contributed by atoms with E-state index in [9.17, 15) is 19.2 Å². The second kappa shape index (κ2) is 7.75. The Labute approximate surface area is 158 Å². The lowest BCUT2D eigenvalue weighted by molar-refractivity contribution is -0.123. The number of carbonyl (C=O) groups excluding carboxylic acids is 3. The predicted octanol–water partition coefficient (Wildman–Crippen LogP) is 1.74. The number of fused-ring (bicyclic) bond motifs is 1. The Kier molecular flexibility index (Phi) is 5.41. The highest BCUT2D eigenvalue weighted by Gasteiger charge is 2.24. The SMILES string of the molecule is CC(=O)c1cccc(NC(=O)C(C)OC(=O)c2cnc3n(c2=O)CCS3)c1. The molecule has 1 atom stereocenters. The van der Waals surface area contributed by atoms with Crippen LogP contribution >= 0.6 is 11.8 Å². The van der Waals surface area contributed by atoms with E-state index in [0.29, 0.717) is 23.0 Å². The van der Waals surface area contributed by atoms with Gasteiger partial charge < -0.3 is 10.1 Å². The van der Waals surface area contributed by atoms with E-state index in [1.807, 2.05) is 0 Å². The average Bonchev–Trinajstić information content (AvgIpc) is 3.11. The van der Waals surface area contributed by atoms with Crippen molar-refractivity contribution in [3.05, 3.63) is 51.9 Å². The Morgan fingerprint density at radius 3 is 2.85 bits per heavy atom. The fraction of sp³-hybridized carbons (Fsp3) is 0.278. The first kappa shape index (κ1) is 18.8. The number of aromatic nitrogens is 2. The number of Topliss-reactive ketones (excluding diaryl/α,β-unsaturated/α-hetero) is 1. The molecule has 0 radical (unpaired) electrons. The molecule has 8 nitrogen and oxygen atoms in total. The zero-order valence-electron chi connectivity index (χ0n) is 14.7. The smallest absolute Gasteiger partial charge is 0.346 e. The molecule has 3 rings (SSSR count). The lowest BCUT2D eigenvalue weighted by Gasteiger charge is -2.14. The van der Waals surface area contributed by atoms with Crippen LogP contribution in [0.3, 0.4) is 0 Å². The summed E-state index contributed by atoms with van der Waals surface area (Å²) >= 11 is 1.44. The van der Waals surface area contributed by atoms with Crippen LogP contribution in [0.5, 0.6) is 0 Å². The Morgan fingerprint density at radius 1 is 1.33 bits per heavy atom. The third-order valence-corrected chi connectivity index (χ3v) is 4.94. The van der Waals surface area contributed by atoms with Crippen LogP contribution in [-0.4, -0.2) is 39.1 Å². The van der Waals surface area contributed by atoms with Gasteiger partial charge in [-0.3, -0.25) is 19.0 Å². The molecular weight excluding hydrogens is 370 g/mol. The zero-order valence-corrected chi connectivity index (χ0v) is 15.5. The first-order valence-electron chi connectivity index (χ1n) is 8.22. The van der Waals surface area contributed by atoms with Crippen molar-refractivity contribution in [1.82, 2.24) is 9.55 Å². The van der Waals surface area contributed by atoms with Crippen LogP contribution < -0.4 is 10.9 Å². The Bertz CT molecular complexity index is 985. The molecule has 0 aliphatic carbocycles. The highest BCUT2D eigenvalue weighted by molar-refractivity contribution is 7.99. The van der Waals surface area contributed by atoms with Crippen molar-refractivity contribution in [3.8, 4) is 0 Å². The number of thioether (sulfide) groups is 1. The normalized spacial score (nSPS) is 13.6. The van der Waals surface area contributed by atoms with Gasteiger partial charge in [0.15, 0.2) is 17.0 Å². The first-order valence-corrected chi connectivity index (χ1v) is 9.21. The number of nitrogens with zero attached hydrogens (tertiary/aromatic N) is 2. The maximum atomic E-state index is 12.3. The second-order valence-corrected chi connectivity index (χ2v) is 7.00. The molecule has 0 saturated carbocycles. The molecule has 140 valence electrons. The molecule has 1 aliphatic rings. The number of rotatable bonds is 5. The number of carbonyl (C=O) groups is 3. The molecule has 2 heterocycles. The van der Waals surface area contributed by atoms with Gasteiger partial charge in [-0.25, -0.2) is 9.78 Å². The van der Waals surface area contributed by atoms with Gasteiger partial charge in [-0.2, -0.15) is 0 Å². The number of hydrogen-bond donors (Lipinski definition) is 1. The van der Waals surface area contributed by atoms with Crippen molar-refractivity contribution in [2.45, 2.75) is 31.7 Å². The monoisotopic (exact) mass is 387 g/mol. The highest BCUT2D eigenvalue weighted by atomic mass is 32.2. The number of amides is 1. The minimum Gasteiger partial charge on any atom is -0.449 e. The molecule has 2 aromatic rings. The maximum Gasteiger partial charge on any atom is 0.346 e. The van der Waals surface area contributed by atoms with E-state index >= 15 is 0 Å². The van der Waals surface area contributed by atoms with Crippen molar-refractivity contribution < 1.29 is 19.1 Å². The molecule has 1 unspecified atom stereocenters. The van der Waals surface area contributed by atoms with Gasteiger partial charge in [-0.15, -0.1) is 0 Å². The molecule has 0 saturated heterocycles. The Balaban J connectivity index is 1.68. The third-order valence-electron chi connectivity index (χ3n) is 3.97. The summed E-state index contributed by atoms with van der Waals surface area (Å²) < 4.78 is 6.53. The zero-order chi connectivity index (χ0) is 19.6. The minimum atomic E-state index is -1.13. The second-order valence-electron chi connectivity index (χ2n) is 5.93. The van der Waals surface area contributed by atoms with Gasteiger partial charge in [0.05, 0.1) is 6.20 Å². The molecule has 1 amide bonds. The summed E-state index contributed by atoms with van der Waals surface area (Å²) in [6.07, 6.45) is 0.0426. The van der Waals surface area contributed by atoms with Crippen molar-refractivity contribution in [1.29, 1.82) is 0 Å². The van der Waals surface area contributed by atoms with Gasteiger partial charge in [0, 0.05) is 23.5 Å². The van der Waals surface area contributed by atoms with Crippen LogP contribution in [0.25, 0.3) is 0 Å². The van der Waals surface area contributed by atoms with E-state index in [1.54, 1.807) is 18.2 Å². The summed E-state index contributed by atoms with van der Waals surface area (Å²) in [6.45, 7) is 3.30. The fourth-order valence-corrected chi connectivity index (χ4v) is 3.41. The third kappa shape index (κ3) is 4.08. The lowest BCUT2D eigenvalue weighted by atomic mass is 10.1. The maximum absolute atomic E-state index is 12.3. The van der Waals surface area contributed by atoms with Crippen LogP contribution in [0, 0.1) is 0 Å². The predicted molar refractivity (Wildman–Crippen MR) is 99.2 cm³/mol. The number of hydrogen-bond acceptors (Lipinski definition) is 7. The highest BCUT2D eigenvalue weighted by Crippen LogP contribution is 2.20. The number of nitrogens with one attached hydrogen (secondary N) is 1. The summed E-state index contributed by atoms with van der Waals surface area (Å²) in [5, 5.41) is 3.14. The quantitative estimate of drug-likeness (QED) is 0.473. The molecule has 0 bridgehead atoms. The molecule has 1 aromatic heterocycles. The van der Waals surface area contributed by atoms with Crippen molar-refractivity contribution in [3.63, 3.8) is 0 Å². The van der Waals surface area contributed by atoms with Gasteiger partial charge in [-0.1, -0.05) is 23.9 Å². The lowest BCUT2D eigenvalue weighted by Crippen LogP contribution is -2.33. The van der Waals surface area contributed by atoms with Crippen molar-refractivity contribution in [2.75, 3.05) is 11.1 Å². The van der Waals surface area contributed by atoms with Crippen LogP contribution in [-0.2, 0) is 16.1 Å². The van der Waals surface area contributed by atoms with E-state index in [2.05, 4.69) is 10.3 Å². The topological polar surface area (TPSA) is 107 Å². The standard InChI is InChI=1S/C18H17N3O5S/c1-10(22)12-4-3-5-13(8-12)20-15(23)11(2)26-17(25)14-9-19-18-21(16(14)24)6-7-27-18/h3-5,8-9,11H,6-7H2,1-2H3,(H,20,23). The number of anilines is 1. The van der Waals surface area contributed by atoms with Crippen LogP contribution in [0.2, 0.25) is 0 Å². The molecule has 1 N–H and O–H groups in total. The van der Waals surface area contributed by atoms with Gasteiger partial charge in [0.25, 0.3) is 11.5 Å². The van der Waals surface area contributed by atoms with Crippen molar-refractivity contribution in [2.24, 2.45) is 0 Å². The van der Waals surface area contributed by atoms with E-state index in [-0.39, 0.29) is 11.3 Å². The molecule has 1 aliphatic heterocycles. The molecule has 1 aromatic carbocycles. The number of benzene rings is 1. The summed E-state index contributed by atoms with van der Waals surface area (Å²) in [5.41, 5.74) is 0.177. The van der Waals surface area contributed by atoms with Gasteiger partial charge in [0.1, 0.15) is 5.56 Å². The van der Waals surface area contributed by atoms with E-state index in [0.717, 1.165) is 5.75 Å². The van der Waals surface area contributed by atoms with Gasteiger partial charge in [0.2, 0.25) is 0 Å². The number of ether oxygens (including phenoxy) is 1. The summed E-state index contributed by atoms with van der Waals surface area (Å²) in [5.74, 6) is -0.888. The molecule has 27 heavy (non-hydrogen) atoms. The Hall–Kier alpha value is -2.94. The largest absolute Gasteiger partial charge is 0.449 e. The first-order chi connectivity index (χ1) is 12.9. The van der Waals surface area contributed by atoms with Gasteiger partial charge >= 0.3 is 5.97 Å². The van der Waals surface area contributed by atoms with Gasteiger partial charge in [-0.05, 0) is 26.0 Å². The molecule has 9 heteroatoms. The average molecular weight is 387 g/mol. The molecular formula is C18H17N3O5S. The van der Waals surface area contributed by atoms with E-state index in [4.69, 9.17) is 4.74 Å². The molecule has 0 fully saturated rings. The summed E-state index contributed by atoms with van der Waals surface area (Å²) in [6, 6.07) is 6.42. The van der Waals surface area contributed by atoms with E-state index in [1.165, 1.54) is 42.4 Å². The fourth-order valence-electron chi connectivity index (χ4n) is 2.49. The van der Waals surface area contributed by atoms with Crippen LogP contribution in [0.1, 0.15) is 34.6 Å². The number of esters is 1. The van der Waals surface area contributed by atoms with Crippen LogP contribution in [0.15, 0.2) is 40.4 Å². The summed E-state index contributed by atoms with van der Waals surface area (Å²) in [7, 11) is 0.